The fraction of sp³-hybridized carbons (Fsp3) is 0.250. The van der Waals surface area contributed by atoms with Crippen molar-refractivity contribution < 1.29 is 8.78 Å². The van der Waals surface area contributed by atoms with E-state index < -0.39 is 11.6 Å². The number of hydrogen-bond donors (Lipinski definition) is 1. The van der Waals surface area contributed by atoms with Crippen LogP contribution < -0.4 is 5.32 Å². The van der Waals surface area contributed by atoms with E-state index in [9.17, 15) is 8.78 Å². The SMILES string of the molecule is Cc1ccc(CNC(C)c2ccc(F)c(F)c2)cc1Br. The zero-order chi connectivity index (χ0) is 14.7. The summed E-state index contributed by atoms with van der Waals surface area (Å²) in [6.07, 6.45) is 0. The standard InChI is InChI=1S/C16H16BrF2N/c1-10-3-4-12(7-14(10)17)9-20-11(2)13-5-6-15(18)16(19)8-13/h3-8,11,20H,9H2,1-2H3. The normalized spacial score (nSPS) is 12.4. The second-order valence-electron chi connectivity index (χ2n) is 4.86. The van der Waals surface area contributed by atoms with Gasteiger partial charge in [0.25, 0.3) is 0 Å². The first-order valence-electron chi connectivity index (χ1n) is 6.40. The number of rotatable bonds is 4. The summed E-state index contributed by atoms with van der Waals surface area (Å²) >= 11 is 3.50. The van der Waals surface area contributed by atoms with Gasteiger partial charge in [0.1, 0.15) is 0 Å². The average molecular weight is 340 g/mol. The van der Waals surface area contributed by atoms with Crippen molar-refractivity contribution in [2.24, 2.45) is 0 Å². The molecule has 1 N–H and O–H groups in total. The van der Waals surface area contributed by atoms with Crippen LogP contribution in [-0.4, -0.2) is 0 Å². The predicted molar refractivity (Wildman–Crippen MR) is 80.5 cm³/mol. The van der Waals surface area contributed by atoms with Crippen molar-refractivity contribution in [2.75, 3.05) is 0 Å². The van der Waals surface area contributed by atoms with E-state index in [1.807, 2.05) is 26.0 Å². The maximum atomic E-state index is 13.2. The zero-order valence-electron chi connectivity index (χ0n) is 11.4. The minimum Gasteiger partial charge on any atom is -0.306 e. The molecule has 0 saturated carbocycles. The molecule has 0 bridgehead atoms. The molecule has 1 unspecified atom stereocenters. The molecule has 0 aliphatic heterocycles. The monoisotopic (exact) mass is 339 g/mol. The molecule has 0 amide bonds. The fourth-order valence-corrected chi connectivity index (χ4v) is 2.34. The molecule has 4 heteroatoms. The highest BCUT2D eigenvalue weighted by molar-refractivity contribution is 9.10. The Morgan fingerprint density at radius 1 is 1.10 bits per heavy atom. The van der Waals surface area contributed by atoms with Crippen LogP contribution in [0.25, 0.3) is 0 Å². The first kappa shape index (κ1) is 15.1. The van der Waals surface area contributed by atoms with Crippen molar-refractivity contribution in [3.05, 3.63) is 69.2 Å². The minimum absolute atomic E-state index is 0.0508. The van der Waals surface area contributed by atoms with Crippen molar-refractivity contribution in [2.45, 2.75) is 26.4 Å². The molecule has 20 heavy (non-hydrogen) atoms. The number of benzene rings is 2. The van der Waals surface area contributed by atoms with Gasteiger partial charge in [0.2, 0.25) is 0 Å². The maximum Gasteiger partial charge on any atom is 0.159 e. The molecule has 2 aromatic carbocycles. The van der Waals surface area contributed by atoms with E-state index >= 15 is 0 Å². The molecule has 106 valence electrons. The lowest BCUT2D eigenvalue weighted by atomic mass is 10.1. The second kappa shape index (κ2) is 6.46. The van der Waals surface area contributed by atoms with Gasteiger partial charge in [0, 0.05) is 17.1 Å². The first-order valence-corrected chi connectivity index (χ1v) is 7.20. The Labute approximate surface area is 126 Å². The number of halogens is 3. The molecular weight excluding hydrogens is 324 g/mol. The van der Waals surface area contributed by atoms with Gasteiger partial charge in [-0.3, -0.25) is 0 Å². The third-order valence-corrected chi connectivity index (χ3v) is 4.15. The van der Waals surface area contributed by atoms with E-state index in [4.69, 9.17) is 0 Å². The lowest BCUT2D eigenvalue weighted by Gasteiger charge is -2.15. The lowest BCUT2D eigenvalue weighted by molar-refractivity contribution is 0.500. The summed E-state index contributed by atoms with van der Waals surface area (Å²) < 4.78 is 27.2. The summed E-state index contributed by atoms with van der Waals surface area (Å²) in [5, 5.41) is 3.30. The van der Waals surface area contributed by atoms with Crippen LogP contribution in [0.4, 0.5) is 8.78 Å². The molecule has 1 atom stereocenters. The van der Waals surface area contributed by atoms with Crippen LogP contribution >= 0.6 is 15.9 Å². The zero-order valence-corrected chi connectivity index (χ0v) is 13.0. The molecule has 2 aromatic rings. The van der Waals surface area contributed by atoms with Crippen LogP contribution in [0, 0.1) is 18.6 Å². The topological polar surface area (TPSA) is 12.0 Å². The minimum atomic E-state index is -0.816. The molecule has 0 aliphatic carbocycles. The lowest BCUT2D eigenvalue weighted by Crippen LogP contribution is -2.18. The van der Waals surface area contributed by atoms with Gasteiger partial charge in [-0.25, -0.2) is 8.78 Å². The Balaban J connectivity index is 2.02. The third kappa shape index (κ3) is 3.64. The Hall–Kier alpha value is -1.26. The van der Waals surface area contributed by atoms with Gasteiger partial charge in [0.15, 0.2) is 11.6 Å². The van der Waals surface area contributed by atoms with Crippen molar-refractivity contribution >= 4 is 15.9 Å². The maximum absolute atomic E-state index is 13.2. The Kier molecular flexibility index (Phi) is 4.89. The van der Waals surface area contributed by atoms with Gasteiger partial charge in [0.05, 0.1) is 0 Å². The number of hydrogen-bond acceptors (Lipinski definition) is 1. The van der Waals surface area contributed by atoms with Crippen molar-refractivity contribution in [1.82, 2.24) is 5.32 Å². The molecule has 0 radical (unpaired) electrons. The van der Waals surface area contributed by atoms with Crippen LogP contribution in [0.5, 0.6) is 0 Å². The van der Waals surface area contributed by atoms with Crippen molar-refractivity contribution in [3.8, 4) is 0 Å². The molecule has 0 fully saturated rings. The fourth-order valence-electron chi connectivity index (χ4n) is 1.92. The summed E-state index contributed by atoms with van der Waals surface area (Å²) in [5.41, 5.74) is 3.05. The van der Waals surface area contributed by atoms with Crippen LogP contribution in [0.1, 0.15) is 29.7 Å². The van der Waals surface area contributed by atoms with Crippen LogP contribution in [0.2, 0.25) is 0 Å². The summed E-state index contributed by atoms with van der Waals surface area (Å²) in [6, 6.07) is 10.1. The third-order valence-electron chi connectivity index (χ3n) is 3.29. The van der Waals surface area contributed by atoms with Gasteiger partial charge in [-0.15, -0.1) is 0 Å². The second-order valence-corrected chi connectivity index (χ2v) is 5.71. The Bertz CT molecular complexity index is 613. The van der Waals surface area contributed by atoms with E-state index in [1.54, 1.807) is 6.07 Å². The molecule has 0 saturated heterocycles. The van der Waals surface area contributed by atoms with E-state index in [1.165, 1.54) is 11.6 Å². The Morgan fingerprint density at radius 2 is 1.85 bits per heavy atom. The van der Waals surface area contributed by atoms with Gasteiger partial charge in [-0.05, 0) is 48.7 Å². The summed E-state index contributed by atoms with van der Waals surface area (Å²) in [7, 11) is 0. The molecule has 0 spiro atoms. The number of nitrogens with one attached hydrogen (secondary N) is 1. The molecule has 1 nitrogen and oxygen atoms in total. The largest absolute Gasteiger partial charge is 0.306 e. The smallest absolute Gasteiger partial charge is 0.159 e. The summed E-state index contributed by atoms with van der Waals surface area (Å²) in [6.45, 7) is 4.63. The van der Waals surface area contributed by atoms with Gasteiger partial charge >= 0.3 is 0 Å². The van der Waals surface area contributed by atoms with Crippen molar-refractivity contribution in [3.63, 3.8) is 0 Å². The van der Waals surface area contributed by atoms with E-state index in [-0.39, 0.29) is 6.04 Å². The van der Waals surface area contributed by atoms with Crippen molar-refractivity contribution in [1.29, 1.82) is 0 Å². The molecular formula is C16H16BrF2N. The van der Waals surface area contributed by atoms with E-state index in [0.29, 0.717) is 6.54 Å². The predicted octanol–water partition coefficient (Wildman–Crippen LogP) is 4.89. The summed E-state index contributed by atoms with van der Waals surface area (Å²) in [5.74, 6) is -1.63. The highest BCUT2D eigenvalue weighted by atomic mass is 79.9. The highest BCUT2D eigenvalue weighted by Gasteiger charge is 2.09. The number of aryl methyl sites for hydroxylation is 1. The average Bonchev–Trinajstić information content (AvgIpc) is 2.43. The first-order chi connectivity index (χ1) is 9.47. The van der Waals surface area contributed by atoms with Gasteiger partial charge in [-0.1, -0.05) is 34.1 Å². The van der Waals surface area contributed by atoms with E-state index in [2.05, 4.69) is 27.3 Å². The van der Waals surface area contributed by atoms with Crippen LogP contribution in [0.3, 0.4) is 0 Å². The van der Waals surface area contributed by atoms with Gasteiger partial charge in [-0.2, -0.15) is 0 Å². The highest BCUT2D eigenvalue weighted by Crippen LogP contribution is 2.19. The molecule has 2 rings (SSSR count). The molecule has 0 aliphatic rings. The Morgan fingerprint density at radius 3 is 2.50 bits per heavy atom. The quantitative estimate of drug-likeness (QED) is 0.836. The van der Waals surface area contributed by atoms with E-state index in [0.717, 1.165) is 21.7 Å². The summed E-state index contributed by atoms with van der Waals surface area (Å²) in [4.78, 5) is 0. The van der Waals surface area contributed by atoms with Crippen LogP contribution in [-0.2, 0) is 6.54 Å². The van der Waals surface area contributed by atoms with Crippen LogP contribution in [0.15, 0.2) is 40.9 Å². The molecule has 0 aromatic heterocycles. The van der Waals surface area contributed by atoms with Gasteiger partial charge < -0.3 is 5.32 Å². The molecule has 0 heterocycles.